The summed E-state index contributed by atoms with van der Waals surface area (Å²) in [5.74, 6) is -1.20. The van der Waals surface area contributed by atoms with E-state index in [1.165, 1.54) is 19.2 Å². The summed E-state index contributed by atoms with van der Waals surface area (Å²) in [7, 11) is 1.33. The SMILES string of the molecule is COC(=O)C1CCCN1CC(=O)Nc1ccc(Br)cc1F. The van der Waals surface area contributed by atoms with Crippen LogP contribution in [0.4, 0.5) is 10.1 Å². The van der Waals surface area contributed by atoms with Crippen molar-refractivity contribution in [2.24, 2.45) is 0 Å². The fourth-order valence-electron chi connectivity index (χ4n) is 2.38. The number of amides is 1. The number of hydrogen-bond acceptors (Lipinski definition) is 4. The van der Waals surface area contributed by atoms with Gasteiger partial charge in [-0.1, -0.05) is 15.9 Å². The maximum atomic E-state index is 13.7. The molecule has 0 aliphatic carbocycles. The van der Waals surface area contributed by atoms with E-state index in [4.69, 9.17) is 4.74 Å². The molecule has 7 heteroatoms. The molecule has 1 aromatic rings. The standard InChI is InChI=1S/C14H16BrFN2O3/c1-21-14(20)12-3-2-6-18(12)8-13(19)17-11-5-4-9(15)7-10(11)16/h4-5,7,12H,2-3,6,8H2,1H3,(H,17,19). The molecule has 0 spiro atoms. The van der Waals surface area contributed by atoms with Gasteiger partial charge in [0, 0.05) is 4.47 Å². The number of nitrogens with zero attached hydrogens (tertiary/aromatic N) is 1. The number of likely N-dealkylation sites (tertiary alicyclic amines) is 1. The van der Waals surface area contributed by atoms with Gasteiger partial charge in [-0.25, -0.2) is 4.39 Å². The number of nitrogens with one attached hydrogen (secondary N) is 1. The summed E-state index contributed by atoms with van der Waals surface area (Å²) in [6.07, 6.45) is 1.51. The minimum absolute atomic E-state index is 0.0370. The van der Waals surface area contributed by atoms with Gasteiger partial charge in [0.25, 0.3) is 0 Å². The third-order valence-electron chi connectivity index (χ3n) is 3.39. The van der Waals surface area contributed by atoms with E-state index in [1.54, 1.807) is 11.0 Å². The van der Waals surface area contributed by atoms with Gasteiger partial charge in [-0.2, -0.15) is 0 Å². The third-order valence-corrected chi connectivity index (χ3v) is 3.88. The smallest absolute Gasteiger partial charge is 0.323 e. The lowest BCUT2D eigenvalue weighted by Gasteiger charge is -2.21. The van der Waals surface area contributed by atoms with Gasteiger partial charge in [0.1, 0.15) is 11.9 Å². The molecule has 1 N–H and O–H groups in total. The molecule has 0 radical (unpaired) electrons. The maximum absolute atomic E-state index is 13.7. The lowest BCUT2D eigenvalue weighted by atomic mass is 10.2. The Labute approximate surface area is 130 Å². The molecule has 1 aliphatic heterocycles. The van der Waals surface area contributed by atoms with Crippen molar-refractivity contribution in [3.63, 3.8) is 0 Å². The number of benzene rings is 1. The minimum Gasteiger partial charge on any atom is -0.468 e. The third kappa shape index (κ3) is 4.01. The quantitative estimate of drug-likeness (QED) is 0.838. The van der Waals surface area contributed by atoms with Crippen LogP contribution in [-0.4, -0.2) is 43.0 Å². The Morgan fingerprint density at radius 1 is 1.52 bits per heavy atom. The molecule has 1 amide bonds. The molecule has 2 rings (SSSR count). The van der Waals surface area contributed by atoms with Crippen LogP contribution in [0.15, 0.2) is 22.7 Å². The van der Waals surface area contributed by atoms with Gasteiger partial charge in [-0.05, 0) is 37.6 Å². The van der Waals surface area contributed by atoms with Gasteiger partial charge in [0.15, 0.2) is 0 Å². The first kappa shape index (κ1) is 15.9. The van der Waals surface area contributed by atoms with Crippen molar-refractivity contribution in [3.8, 4) is 0 Å². The molecule has 1 aliphatic rings. The number of esters is 1. The molecule has 1 unspecified atom stereocenters. The van der Waals surface area contributed by atoms with Crippen LogP contribution in [0.3, 0.4) is 0 Å². The summed E-state index contributed by atoms with van der Waals surface area (Å²) in [5.41, 5.74) is 0.122. The van der Waals surface area contributed by atoms with Crippen molar-refractivity contribution >= 4 is 33.5 Å². The molecular weight excluding hydrogens is 343 g/mol. The first-order valence-corrected chi connectivity index (χ1v) is 7.37. The Hall–Kier alpha value is -1.47. The summed E-state index contributed by atoms with van der Waals surface area (Å²) >= 11 is 3.15. The Morgan fingerprint density at radius 2 is 2.29 bits per heavy atom. The lowest BCUT2D eigenvalue weighted by Crippen LogP contribution is -2.41. The van der Waals surface area contributed by atoms with Crippen LogP contribution in [0, 0.1) is 5.82 Å². The Morgan fingerprint density at radius 3 is 2.95 bits per heavy atom. The normalized spacial score (nSPS) is 18.5. The van der Waals surface area contributed by atoms with Crippen molar-refractivity contribution in [3.05, 3.63) is 28.5 Å². The Bertz CT molecular complexity index is 553. The van der Waals surface area contributed by atoms with Crippen LogP contribution in [0.1, 0.15) is 12.8 Å². The van der Waals surface area contributed by atoms with E-state index >= 15 is 0 Å². The Balaban J connectivity index is 1.96. The number of carbonyl (C=O) groups excluding carboxylic acids is 2. The van der Waals surface area contributed by atoms with E-state index in [9.17, 15) is 14.0 Å². The van der Waals surface area contributed by atoms with E-state index in [0.717, 1.165) is 6.42 Å². The van der Waals surface area contributed by atoms with Gasteiger partial charge in [0.05, 0.1) is 19.3 Å². The second kappa shape index (κ2) is 7.00. The molecule has 0 bridgehead atoms. The highest BCUT2D eigenvalue weighted by Crippen LogP contribution is 2.21. The maximum Gasteiger partial charge on any atom is 0.323 e. The topological polar surface area (TPSA) is 58.6 Å². The molecular formula is C14H16BrFN2O3. The average molecular weight is 359 g/mol. The highest BCUT2D eigenvalue weighted by atomic mass is 79.9. The summed E-state index contributed by atoms with van der Waals surface area (Å²) in [6, 6.07) is 4.02. The van der Waals surface area contributed by atoms with Crippen molar-refractivity contribution in [2.45, 2.75) is 18.9 Å². The van der Waals surface area contributed by atoms with E-state index in [-0.39, 0.29) is 24.1 Å². The molecule has 5 nitrogen and oxygen atoms in total. The monoisotopic (exact) mass is 358 g/mol. The van der Waals surface area contributed by atoms with Crippen molar-refractivity contribution < 1.29 is 18.7 Å². The second-order valence-corrected chi connectivity index (χ2v) is 5.74. The molecule has 1 fully saturated rings. The van der Waals surface area contributed by atoms with E-state index in [2.05, 4.69) is 21.2 Å². The summed E-state index contributed by atoms with van der Waals surface area (Å²) in [6.45, 7) is 0.686. The number of methoxy groups -OCH3 is 1. The molecule has 21 heavy (non-hydrogen) atoms. The second-order valence-electron chi connectivity index (χ2n) is 4.82. The molecule has 114 valence electrons. The number of rotatable bonds is 4. The van der Waals surface area contributed by atoms with Crippen LogP contribution >= 0.6 is 15.9 Å². The van der Waals surface area contributed by atoms with Crippen LogP contribution < -0.4 is 5.32 Å². The number of halogens is 2. The molecule has 0 saturated carbocycles. The molecule has 0 aromatic heterocycles. The van der Waals surface area contributed by atoms with Gasteiger partial charge in [-0.3, -0.25) is 14.5 Å². The Kier molecular flexibility index (Phi) is 5.30. The number of carbonyl (C=O) groups is 2. The number of anilines is 1. The molecule has 1 heterocycles. The van der Waals surface area contributed by atoms with Gasteiger partial charge in [-0.15, -0.1) is 0 Å². The first-order valence-electron chi connectivity index (χ1n) is 6.58. The largest absolute Gasteiger partial charge is 0.468 e. The van der Waals surface area contributed by atoms with Crippen molar-refractivity contribution in [1.29, 1.82) is 0 Å². The fourth-order valence-corrected chi connectivity index (χ4v) is 2.72. The molecule has 1 atom stereocenters. The summed E-state index contributed by atoms with van der Waals surface area (Å²) < 4.78 is 19.0. The highest BCUT2D eigenvalue weighted by Gasteiger charge is 2.32. The fraction of sp³-hybridized carbons (Fsp3) is 0.429. The predicted octanol–water partition coefficient (Wildman–Crippen LogP) is 2.16. The minimum atomic E-state index is -0.510. The number of hydrogen-bond donors (Lipinski definition) is 1. The summed E-state index contributed by atoms with van der Waals surface area (Å²) in [5, 5.41) is 2.51. The predicted molar refractivity (Wildman–Crippen MR) is 79.3 cm³/mol. The van der Waals surface area contributed by atoms with Gasteiger partial charge < -0.3 is 10.1 Å². The van der Waals surface area contributed by atoms with E-state index < -0.39 is 11.9 Å². The zero-order valence-corrected chi connectivity index (χ0v) is 13.2. The molecule has 1 saturated heterocycles. The van der Waals surface area contributed by atoms with Gasteiger partial charge >= 0.3 is 5.97 Å². The highest BCUT2D eigenvalue weighted by molar-refractivity contribution is 9.10. The van der Waals surface area contributed by atoms with Crippen LogP contribution in [0.25, 0.3) is 0 Å². The van der Waals surface area contributed by atoms with Crippen molar-refractivity contribution in [1.82, 2.24) is 4.90 Å². The van der Waals surface area contributed by atoms with Gasteiger partial charge in [0.2, 0.25) is 5.91 Å². The number of ether oxygens (including phenoxy) is 1. The molecule has 1 aromatic carbocycles. The zero-order valence-electron chi connectivity index (χ0n) is 11.6. The summed E-state index contributed by atoms with van der Waals surface area (Å²) in [4.78, 5) is 25.3. The van der Waals surface area contributed by atoms with E-state index in [1.807, 2.05) is 0 Å². The zero-order chi connectivity index (χ0) is 15.4. The van der Waals surface area contributed by atoms with E-state index in [0.29, 0.717) is 17.4 Å². The average Bonchev–Trinajstić information content (AvgIpc) is 2.89. The van der Waals surface area contributed by atoms with Crippen LogP contribution in [0.2, 0.25) is 0 Å². The van der Waals surface area contributed by atoms with Crippen LogP contribution in [-0.2, 0) is 14.3 Å². The van der Waals surface area contributed by atoms with Crippen LogP contribution in [0.5, 0.6) is 0 Å². The van der Waals surface area contributed by atoms with Crippen molar-refractivity contribution in [2.75, 3.05) is 25.5 Å². The first-order chi connectivity index (χ1) is 10.0. The lowest BCUT2D eigenvalue weighted by molar-refractivity contribution is -0.146.